The van der Waals surface area contributed by atoms with Crippen LogP contribution in [-0.2, 0) is 0 Å². The van der Waals surface area contributed by atoms with E-state index in [0.717, 1.165) is 29.8 Å². The minimum absolute atomic E-state index is 0.0331. The van der Waals surface area contributed by atoms with Crippen molar-refractivity contribution in [2.45, 2.75) is 33.1 Å². The van der Waals surface area contributed by atoms with E-state index in [0.29, 0.717) is 23.8 Å². The summed E-state index contributed by atoms with van der Waals surface area (Å²) in [6.07, 6.45) is 4.21. The summed E-state index contributed by atoms with van der Waals surface area (Å²) in [5.74, 6) is 0.0519. The van der Waals surface area contributed by atoms with Crippen molar-refractivity contribution in [2.24, 2.45) is 0 Å². The smallest absolute Gasteiger partial charge is 0.257 e. The zero-order chi connectivity index (χ0) is 23.4. The molecule has 0 saturated heterocycles. The van der Waals surface area contributed by atoms with Crippen LogP contribution in [0.1, 0.15) is 47.8 Å². The molecule has 2 heterocycles. The first-order chi connectivity index (χ1) is 15.2. The maximum atomic E-state index is 13.4. The van der Waals surface area contributed by atoms with Crippen LogP contribution in [0, 0.1) is 12.7 Å². The van der Waals surface area contributed by atoms with Crippen LogP contribution in [-0.4, -0.2) is 69.7 Å². The van der Waals surface area contributed by atoms with Gasteiger partial charge in [-0.2, -0.15) is 5.10 Å². The molecule has 3 aromatic rings. The molecule has 0 aliphatic heterocycles. The molecule has 0 spiro atoms. The molecule has 0 atom stereocenters. The van der Waals surface area contributed by atoms with E-state index in [1.54, 1.807) is 34.1 Å². The van der Waals surface area contributed by atoms with Gasteiger partial charge in [-0.25, -0.2) is 19.0 Å². The van der Waals surface area contributed by atoms with Crippen molar-refractivity contribution >= 4 is 5.91 Å². The Kier molecular flexibility index (Phi) is 7.35. The van der Waals surface area contributed by atoms with E-state index in [1.165, 1.54) is 12.1 Å². The van der Waals surface area contributed by atoms with E-state index < -0.39 is 0 Å². The lowest BCUT2D eigenvalue weighted by molar-refractivity contribution is 0.0789. The fourth-order valence-corrected chi connectivity index (χ4v) is 3.60. The van der Waals surface area contributed by atoms with Crippen LogP contribution in [0.3, 0.4) is 0 Å². The average Bonchev–Trinajstić information content (AvgIpc) is 3.19. The maximum Gasteiger partial charge on any atom is 0.257 e. The monoisotopic (exact) mass is 438 g/mol. The third-order valence-electron chi connectivity index (χ3n) is 5.30. The number of amides is 1. The molecule has 0 bridgehead atoms. The Morgan fingerprint density at radius 3 is 2.41 bits per heavy atom. The first kappa shape index (κ1) is 23.5. The molecule has 0 saturated carbocycles. The highest BCUT2D eigenvalue weighted by Crippen LogP contribution is 2.26. The van der Waals surface area contributed by atoms with E-state index in [9.17, 15) is 9.18 Å². The standard InChI is InChI=1S/C24H31FN6O/c1-16(2)22-20(23(32)30(6)13-7-12-29(4)5)15-27-31(22)24-26-14-17(3)21(28-24)18-8-10-19(25)11-9-18/h8-11,14-16H,7,12-13H2,1-6H3. The van der Waals surface area contributed by atoms with E-state index in [2.05, 4.69) is 15.0 Å². The number of carbonyl (C=O) groups excluding carboxylic acids is 1. The van der Waals surface area contributed by atoms with Gasteiger partial charge in [-0.3, -0.25) is 4.79 Å². The Balaban J connectivity index is 1.96. The van der Waals surface area contributed by atoms with Crippen LogP contribution >= 0.6 is 0 Å². The van der Waals surface area contributed by atoms with Crippen LogP contribution in [0.2, 0.25) is 0 Å². The number of hydrogen-bond donors (Lipinski definition) is 0. The van der Waals surface area contributed by atoms with E-state index in [1.807, 2.05) is 41.9 Å². The van der Waals surface area contributed by atoms with Gasteiger partial charge in [0.1, 0.15) is 5.82 Å². The van der Waals surface area contributed by atoms with Gasteiger partial charge in [0, 0.05) is 25.4 Å². The molecule has 1 aromatic carbocycles. The second-order valence-corrected chi connectivity index (χ2v) is 8.60. The number of carbonyl (C=O) groups is 1. The van der Waals surface area contributed by atoms with Crippen molar-refractivity contribution in [1.82, 2.24) is 29.5 Å². The summed E-state index contributed by atoms with van der Waals surface area (Å²) in [5, 5.41) is 4.47. The van der Waals surface area contributed by atoms with E-state index in [4.69, 9.17) is 4.98 Å². The Morgan fingerprint density at radius 2 is 1.78 bits per heavy atom. The second kappa shape index (κ2) is 9.99. The van der Waals surface area contributed by atoms with Crippen molar-refractivity contribution in [3.05, 3.63) is 59.3 Å². The second-order valence-electron chi connectivity index (χ2n) is 8.60. The summed E-state index contributed by atoms with van der Waals surface area (Å²) in [4.78, 5) is 26.2. The van der Waals surface area contributed by atoms with Gasteiger partial charge in [-0.05, 0) is 69.7 Å². The normalized spacial score (nSPS) is 11.4. The number of aromatic nitrogens is 4. The molecule has 0 aliphatic rings. The molecule has 0 unspecified atom stereocenters. The molecular formula is C24H31FN6O. The summed E-state index contributed by atoms with van der Waals surface area (Å²) in [7, 11) is 5.85. The number of hydrogen-bond acceptors (Lipinski definition) is 5. The topological polar surface area (TPSA) is 67.2 Å². The van der Waals surface area contributed by atoms with Crippen molar-refractivity contribution in [1.29, 1.82) is 0 Å². The molecule has 3 rings (SSSR count). The zero-order valence-corrected chi connectivity index (χ0v) is 19.6. The average molecular weight is 439 g/mol. The van der Waals surface area contributed by atoms with Crippen molar-refractivity contribution < 1.29 is 9.18 Å². The molecule has 8 heteroatoms. The number of halogens is 1. The number of rotatable bonds is 8. The minimum Gasteiger partial charge on any atom is -0.342 e. The molecular weight excluding hydrogens is 407 g/mol. The van der Waals surface area contributed by atoms with Gasteiger partial charge in [-0.1, -0.05) is 13.8 Å². The Hall–Kier alpha value is -3.13. The molecule has 170 valence electrons. The van der Waals surface area contributed by atoms with E-state index in [-0.39, 0.29) is 17.6 Å². The Morgan fingerprint density at radius 1 is 1.09 bits per heavy atom. The Bertz CT molecular complexity index is 1070. The van der Waals surface area contributed by atoms with Gasteiger partial charge in [0.05, 0.1) is 23.1 Å². The summed E-state index contributed by atoms with van der Waals surface area (Å²) < 4.78 is 15.0. The number of benzene rings is 1. The summed E-state index contributed by atoms with van der Waals surface area (Å²) in [6, 6.07) is 6.21. The number of aryl methyl sites for hydroxylation is 1. The van der Waals surface area contributed by atoms with Gasteiger partial charge in [0.15, 0.2) is 0 Å². The molecule has 0 aliphatic carbocycles. The molecule has 32 heavy (non-hydrogen) atoms. The number of nitrogens with zero attached hydrogens (tertiary/aromatic N) is 6. The van der Waals surface area contributed by atoms with Gasteiger partial charge in [-0.15, -0.1) is 0 Å². The first-order valence-corrected chi connectivity index (χ1v) is 10.8. The van der Waals surface area contributed by atoms with Crippen molar-refractivity contribution in [2.75, 3.05) is 34.2 Å². The summed E-state index contributed by atoms with van der Waals surface area (Å²) in [5.41, 5.74) is 3.69. The predicted molar refractivity (Wildman–Crippen MR) is 124 cm³/mol. The van der Waals surface area contributed by atoms with Crippen LogP contribution in [0.15, 0.2) is 36.7 Å². The van der Waals surface area contributed by atoms with Crippen LogP contribution < -0.4 is 0 Å². The highest BCUT2D eigenvalue weighted by atomic mass is 19.1. The van der Waals surface area contributed by atoms with Crippen molar-refractivity contribution in [3.8, 4) is 17.2 Å². The summed E-state index contributed by atoms with van der Waals surface area (Å²) >= 11 is 0. The van der Waals surface area contributed by atoms with Crippen LogP contribution in [0.25, 0.3) is 17.2 Å². The lowest BCUT2D eigenvalue weighted by atomic mass is 10.0. The van der Waals surface area contributed by atoms with Crippen molar-refractivity contribution in [3.63, 3.8) is 0 Å². The van der Waals surface area contributed by atoms with Gasteiger partial charge in [0.2, 0.25) is 0 Å². The lowest BCUT2D eigenvalue weighted by Gasteiger charge is -2.19. The minimum atomic E-state index is -0.298. The fraction of sp³-hybridized carbons (Fsp3) is 0.417. The largest absolute Gasteiger partial charge is 0.342 e. The Labute approximate surface area is 188 Å². The van der Waals surface area contributed by atoms with Gasteiger partial charge < -0.3 is 9.80 Å². The highest BCUT2D eigenvalue weighted by Gasteiger charge is 2.24. The SMILES string of the molecule is Cc1cnc(-n2ncc(C(=O)N(C)CCCN(C)C)c2C(C)C)nc1-c1ccc(F)cc1. The quantitative estimate of drug-likeness (QED) is 0.533. The van der Waals surface area contributed by atoms with E-state index >= 15 is 0 Å². The molecule has 0 radical (unpaired) electrons. The van der Waals surface area contributed by atoms with Crippen LogP contribution in [0.5, 0.6) is 0 Å². The first-order valence-electron chi connectivity index (χ1n) is 10.8. The summed E-state index contributed by atoms with van der Waals surface area (Å²) in [6.45, 7) is 7.52. The lowest BCUT2D eigenvalue weighted by Crippen LogP contribution is -2.30. The van der Waals surface area contributed by atoms with Gasteiger partial charge in [0.25, 0.3) is 11.9 Å². The van der Waals surface area contributed by atoms with Crippen LogP contribution in [0.4, 0.5) is 4.39 Å². The molecule has 0 N–H and O–H groups in total. The third-order valence-corrected chi connectivity index (χ3v) is 5.30. The third kappa shape index (κ3) is 5.19. The molecule has 0 fully saturated rings. The maximum absolute atomic E-state index is 13.4. The van der Waals surface area contributed by atoms with Gasteiger partial charge >= 0.3 is 0 Å². The zero-order valence-electron chi connectivity index (χ0n) is 19.6. The molecule has 2 aromatic heterocycles. The molecule has 7 nitrogen and oxygen atoms in total. The predicted octanol–water partition coefficient (Wildman–Crippen LogP) is 3.92. The highest BCUT2D eigenvalue weighted by molar-refractivity contribution is 5.95. The molecule has 1 amide bonds. The fourth-order valence-electron chi connectivity index (χ4n) is 3.60.